The predicted octanol–water partition coefficient (Wildman–Crippen LogP) is 2.34. The van der Waals surface area contributed by atoms with E-state index in [1.54, 1.807) is 0 Å². The molecule has 0 unspecified atom stereocenters. The first-order chi connectivity index (χ1) is 15.8. The lowest BCUT2D eigenvalue weighted by Gasteiger charge is -2.15. The van der Waals surface area contributed by atoms with Crippen LogP contribution in [0.1, 0.15) is 48.2 Å². The Morgan fingerprint density at radius 2 is 1.73 bits per heavy atom. The molecule has 1 aliphatic carbocycles. The van der Waals surface area contributed by atoms with Crippen LogP contribution in [0.2, 0.25) is 0 Å². The van der Waals surface area contributed by atoms with Gasteiger partial charge < -0.3 is 21.4 Å². The third kappa shape index (κ3) is 4.87. The molecule has 33 heavy (non-hydrogen) atoms. The molecule has 0 radical (unpaired) electrons. The van der Waals surface area contributed by atoms with Crippen LogP contribution in [0.25, 0.3) is 11.1 Å². The number of aromatic amines is 2. The maximum atomic E-state index is 12.5. The highest BCUT2D eigenvalue weighted by atomic mass is 16.2. The SMILES string of the molecule is CC(=O)Nc1ccccc1-c1ccc([C@@H]2CC[C@H](NC(=O)c3[nH]c(=O)[nH]c(=O)c3N)C2)cc1. The fourth-order valence-corrected chi connectivity index (χ4v) is 4.32. The summed E-state index contributed by atoms with van der Waals surface area (Å²) in [6.45, 7) is 1.48. The number of hydrogen-bond acceptors (Lipinski definition) is 5. The van der Waals surface area contributed by atoms with Crippen molar-refractivity contribution in [2.45, 2.75) is 38.1 Å². The molecule has 1 saturated carbocycles. The van der Waals surface area contributed by atoms with E-state index in [0.717, 1.165) is 41.6 Å². The van der Waals surface area contributed by atoms with Gasteiger partial charge in [0.1, 0.15) is 11.4 Å². The van der Waals surface area contributed by atoms with E-state index in [2.05, 4.69) is 27.8 Å². The number of para-hydroxylation sites is 1. The van der Waals surface area contributed by atoms with Gasteiger partial charge in [0.05, 0.1) is 0 Å². The molecule has 0 spiro atoms. The highest BCUT2D eigenvalue weighted by molar-refractivity contribution is 5.97. The third-order valence-electron chi connectivity index (χ3n) is 5.91. The summed E-state index contributed by atoms with van der Waals surface area (Å²) in [4.78, 5) is 51.4. The zero-order chi connectivity index (χ0) is 23.5. The lowest BCUT2D eigenvalue weighted by molar-refractivity contribution is -0.114. The quantitative estimate of drug-likeness (QED) is 0.407. The minimum Gasteiger partial charge on any atom is -0.392 e. The summed E-state index contributed by atoms with van der Waals surface area (Å²) < 4.78 is 0. The summed E-state index contributed by atoms with van der Waals surface area (Å²) in [5, 5.41) is 5.73. The van der Waals surface area contributed by atoms with Gasteiger partial charge in [0.2, 0.25) is 5.91 Å². The number of hydrogen-bond donors (Lipinski definition) is 5. The Balaban J connectivity index is 1.44. The minimum absolute atomic E-state index is 0.0927. The van der Waals surface area contributed by atoms with Crippen molar-refractivity contribution < 1.29 is 9.59 Å². The van der Waals surface area contributed by atoms with E-state index in [4.69, 9.17) is 5.73 Å². The average molecular weight is 447 g/mol. The molecule has 0 bridgehead atoms. The maximum absolute atomic E-state index is 12.5. The van der Waals surface area contributed by atoms with Crippen LogP contribution < -0.4 is 27.6 Å². The van der Waals surface area contributed by atoms with E-state index < -0.39 is 17.2 Å². The minimum atomic E-state index is -0.784. The van der Waals surface area contributed by atoms with Gasteiger partial charge >= 0.3 is 5.69 Å². The monoisotopic (exact) mass is 447 g/mol. The number of anilines is 2. The summed E-state index contributed by atoms with van der Waals surface area (Å²) in [5.74, 6) is -0.416. The number of nitrogen functional groups attached to an aromatic ring is 1. The molecule has 2 amide bonds. The first-order valence-corrected chi connectivity index (χ1v) is 10.7. The molecule has 9 nitrogen and oxygen atoms in total. The van der Waals surface area contributed by atoms with Crippen molar-refractivity contribution >= 4 is 23.2 Å². The number of nitrogens with two attached hydrogens (primary N) is 1. The third-order valence-corrected chi connectivity index (χ3v) is 5.91. The van der Waals surface area contributed by atoms with Crippen LogP contribution in [0.15, 0.2) is 58.1 Å². The molecule has 4 rings (SSSR count). The molecule has 2 atom stereocenters. The lowest BCUT2D eigenvalue weighted by Crippen LogP contribution is -2.37. The number of H-pyrrole nitrogens is 2. The summed E-state index contributed by atoms with van der Waals surface area (Å²) in [7, 11) is 0. The van der Waals surface area contributed by atoms with Crippen molar-refractivity contribution in [3.8, 4) is 11.1 Å². The van der Waals surface area contributed by atoms with E-state index in [1.807, 2.05) is 41.4 Å². The zero-order valence-electron chi connectivity index (χ0n) is 18.1. The highest BCUT2D eigenvalue weighted by Gasteiger charge is 2.28. The van der Waals surface area contributed by atoms with E-state index in [9.17, 15) is 19.2 Å². The summed E-state index contributed by atoms with van der Waals surface area (Å²) in [6, 6.07) is 15.8. The Morgan fingerprint density at radius 1 is 1.00 bits per heavy atom. The second-order valence-corrected chi connectivity index (χ2v) is 8.23. The Kier molecular flexibility index (Phi) is 6.12. The largest absolute Gasteiger partial charge is 0.392 e. The van der Waals surface area contributed by atoms with Crippen LogP contribution in [0.4, 0.5) is 11.4 Å². The normalized spacial score (nSPS) is 17.5. The van der Waals surface area contributed by atoms with E-state index in [0.29, 0.717) is 0 Å². The van der Waals surface area contributed by atoms with Crippen molar-refractivity contribution in [1.82, 2.24) is 15.3 Å². The van der Waals surface area contributed by atoms with Gasteiger partial charge in [-0.2, -0.15) is 0 Å². The number of rotatable bonds is 5. The van der Waals surface area contributed by atoms with Crippen LogP contribution in [0, 0.1) is 0 Å². The van der Waals surface area contributed by atoms with Crippen molar-refractivity contribution in [2.75, 3.05) is 11.1 Å². The molecule has 0 saturated heterocycles. The van der Waals surface area contributed by atoms with Gasteiger partial charge in [0.25, 0.3) is 11.5 Å². The molecule has 1 aromatic heterocycles. The molecule has 0 aliphatic heterocycles. The molecule has 170 valence electrons. The number of carbonyl (C=O) groups excluding carboxylic acids is 2. The summed E-state index contributed by atoms with van der Waals surface area (Å²) in [5.41, 5.74) is 7.44. The smallest absolute Gasteiger partial charge is 0.326 e. The number of amides is 2. The van der Waals surface area contributed by atoms with Gasteiger partial charge in [-0.1, -0.05) is 42.5 Å². The van der Waals surface area contributed by atoms with Gasteiger partial charge in [0, 0.05) is 24.2 Å². The van der Waals surface area contributed by atoms with Gasteiger partial charge in [-0.25, -0.2) is 4.79 Å². The van der Waals surface area contributed by atoms with E-state index in [-0.39, 0.29) is 29.2 Å². The molecular formula is C24H25N5O4. The Morgan fingerprint density at radius 3 is 2.45 bits per heavy atom. The van der Waals surface area contributed by atoms with Crippen LogP contribution >= 0.6 is 0 Å². The molecular weight excluding hydrogens is 422 g/mol. The second kappa shape index (κ2) is 9.15. The number of benzene rings is 2. The summed E-state index contributed by atoms with van der Waals surface area (Å²) in [6.07, 6.45) is 2.41. The summed E-state index contributed by atoms with van der Waals surface area (Å²) >= 11 is 0. The maximum Gasteiger partial charge on any atom is 0.326 e. The first-order valence-electron chi connectivity index (χ1n) is 10.7. The highest BCUT2D eigenvalue weighted by Crippen LogP contribution is 2.36. The fourth-order valence-electron chi connectivity index (χ4n) is 4.32. The van der Waals surface area contributed by atoms with E-state index >= 15 is 0 Å². The lowest BCUT2D eigenvalue weighted by atomic mass is 9.94. The van der Waals surface area contributed by atoms with Crippen LogP contribution in [0.5, 0.6) is 0 Å². The number of aromatic nitrogens is 2. The fraction of sp³-hybridized carbons (Fsp3) is 0.250. The van der Waals surface area contributed by atoms with Crippen molar-refractivity contribution in [3.63, 3.8) is 0 Å². The number of nitrogens with one attached hydrogen (secondary N) is 4. The van der Waals surface area contributed by atoms with Crippen molar-refractivity contribution in [1.29, 1.82) is 0 Å². The molecule has 1 fully saturated rings. The molecule has 2 aromatic carbocycles. The van der Waals surface area contributed by atoms with Crippen LogP contribution in [-0.2, 0) is 4.79 Å². The molecule has 3 aromatic rings. The van der Waals surface area contributed by atoms with Gasteiger partial charge in [0.15, 0.2) is 0 Å². The Bertz CT molecular complexity index is 1310. The van der Waals surface area contributed by atoms with E-state index in [1.165, 1.54) is 6.92 Å². The molecule has 6 N–H and O–H groups in total. The zero-order valence-corrected chi connectivity index (χ0v) is 18.1. The molecule has 9 heteroatoms. The molecule has 1 heterocycles. The molecule has 1 aliphatic rings. The Labute approximate surface area is 189 Å². The standard InChI is InChI=1S/C24H25N5O4/c1-13(30)26-19-5-3-2-4-18(19)15-8-6-14(7-9-15)16-10-11-17(12-16)27-23(32)21-20(25)22(31)29-24(33)28-21/h2-9,16-17H,10-12,25H2,1H3,(H,26,30)(H,27,32)(H2,28,29,31,33)/t16-,17+/m1/s1. The number of carbonyl (C=O) groups is 2. The second-order valence-electron chi connectivity index (χ2n) is 8.23. The van der Waals surface area contributed by atoms with Gasteiger partial charge in [-0.3, -0.25) is 19.4 Å². The van der Waals surface area contributed by atoms with Crippen molar-refractivity contribution in [2.24, 2.45) is 0 Å². The predicted molar refractivity (Wildman–Crippen MR) is 126 cm³/mol. The van der Waals surface area contributed by atoms with Gasteiger partial charge in [-0.05, 0) is 42.4 Å². The topological polar surface area (TPSA) is 150 Å². The average Bonchev–Trinajstić information content (AvgIpc) is 3.24. The van der Waals surface area contributed by atoms with Crippen LogP contribution in [-0.4, -0.2) is 27.8 Å². The van der Waals surface area contributed by atoms with Crippen LogP contribution in [0.3, 0.4) is 0 Å². The van der Waals surface area contributed by atoms with Crippen molar-refractivity contribution in [3.05, 3.63) is 80.6 Å². The Hall–Kier alpha value is -4.14. The first kappa shape index (κ1) is 22.1. The van der Waals surface area contributed by atoms with Gasteiger partial charge in [-0.15, -0.1) is 0 Å².